The number of aryl methyl sites for hydroxylation is 1. The summed E-state index contributed by atoms with van der Waals surface area (Å²) in [5, 5.41) is 0. The second-order valence-corrected chi connectivity index (χ2v) is 10.0. The summed E-state index contributed by atoms with van der Waals surface area (Å²) in [6, 6.07) is 24.6. The van der Waals surface area contributed by atoms with Crippen molar-refractivity contribution in [2.75, 3.05) is 18.1 Å². The van der Waals surface area contributed by atoms with Gasteiger partial charge >= 0.3 is 0 Å². The van der Waals surface area contributed by atoms with Gasteiger partial charge in [0, 0.05) is 24.8 Å². The van der Waals surface area contributed by atoms with Gasteiger partial charge in [-0.1, -0.05) is 54.1 Å². The monoisotopic (exact) mass is 532 g/mol. The van der Waals surface area contributed by atoms with Crippen LogP contribution < -0.4 is 14.4 Å². The third-order valence-electron chi connectivity index (χ3n) is 5.59. The molecule has 4 aromatic rings. The van der Waals surface area contributed by atoms with E-state index in [1.54, 1.807) is 47.6 Å². The predicted octanol–water partition coefficient (Wildman–Crippen LogP) is 5.52. The number of hydrogen-bond donors (Lipinski definition) is 0. The zero-order valence-corrected chi connectivity index (χ0v) is 21.9. The van der Waals surface area contributed by atoms with E-state index in [0.29, 0.717) is 22.9 Å². The van der Waals surface area contributed by atoms with Crippen LogP contribution in [0.4, 0.5) is 5.69 Å². The first kappa shape index (κ1) is 26.8. The Balaban J connectivity index is 1.45. The Hall–Kier alpha value is -4.21. The molecule has 196 valence electrons. The van der Waals surface area contributed by atoms with Gasteiger partial charge in [-0.05, 0) is 37.3 Å². The number of carbonyl (C=O) groups is 1. The van der Waals surface area contributed by atoms with Crippen molar-refractivity contribution in [2.24, 2.45) is 0 Å². The van der Waals surface area contributed by atoms with Gasteiger partial charge in [-0.25, -0.2) is 0 Å². The normalized spacial score (nSPS) is 11.1. The summed E-state index contributed by atoms with van der Waals surface area (Å²) >= 11 is 0. The third kappa shape index (κ3) is 6.96. The van der Waals surface area contributed by atoms with Gasteiger partial charge in [0.1, 0.15) is 30.4 Å². The molecule has 0 unspecified atom stereocenters. The van der Waals surface area contributed by atoms with E-state index in [1.807, 2.05) is 49.4 Å². The third-order valence-corrected chi connectivity index (χ3v) is 6.92. The molecular weight excluding hydrogens is 504 g/mol. The Morgan fingerprint density at radius 3 is 2.32 bits per heavy atom. The maximum absolute atomic E-state index is 12.7. The second-order valence-electron chi connectivity index (χ2n) is 8.41. The number of amides is 1. The van der Waals surface area contributed by atoms with Crippen LogP contribution in [0, 0.1) is 6.92 Å². The van der Waals surface area contributed by atoms with Gasteiger partial charge in [-0.15, -0.1) is 0 Å². The van der Waals surface area contributed by atoms with E-state index in [1.165, 1.54) is 19.1 Å². The molecule has 0 aliphatic heterocycles. The summed E-state index contributed by atoms with van der Waals surface area (Å²) in [4.78, 5) is 18.5. The Morgan fingerprint density at radius 2 is 1.58 bits per heavy atom. The number of nitrogens with zero attached hydrogens (tertiary/aromatic N) is 2. The Kier molecular flexibility index (Phi) is 8.73. The van der Waals surface area contributed by atoms with Crippen LogP contribution in [0.5, 0.6) is 17.2 Å². The Morgan fingerprint density at radius 1 is 0.868 bits per heavy atom. The minimum absolute atomic E-state index is 0.00254. The van der Waals surface area contributed by atoms with E-state index in [0.717, 1.165) is 11.1 Å². The Bertz CT molecular complexity index is 1470. The fourth-order valence-electron chi connectivity index (χ4n) is 3.66. The first-order valence-electron chi connectivity index (χ1n) is 12.0. The topological polar surface area (TPSA) is 95.0 Å². The molecule has 0 spiro atoms. The van der Waals surface area contributed by atoms with Crippen molar-refractivity contribution in [3.05, 3.63) is 108 Å². The van der Waals surface area contributed by atoms with Crippen molar-refractivity contribution >= 4 is 21.7 Å². The summed E-state index contributed by atoms with van der Waals surface area (Å²) in [5.74, 6) is 1.41. The number of ether oxygens (including phenoxy) is 2. The number of pyridine rings is 1. The molecule has 1 aromatic heterocycles. The van der Waals surface area contributed by atoms with Crippen LogP contribution in [0.25, 0.3) is 0 Å². The number of benzene rings is 3. The summed E-state index contributed by atoms with van der Waals surface area (Å²) in [5.41, 5.74) is 2.18. The van der Waals surface area contributed by atoms with Gasteiger partial charge in [0.05, 0.1) is 17.6 Å². The average Bonchev–Trinajstić information content (AvgIpc) is 2.91. The van der Waals surface area contributed by atoms with Gasteiger partial charge in [-0.2, -0.15) is 8.42 Å². The molecule has 0 atom stereocenters. The number of aromatic nitrogens is 1. The lowest BCUT2D eigenvalue weighted by Crippen LogP contribution is -2.28. The molecule has 4 rings (SSSR count). The fourth-order valence-corrected chi connectivity index (χ4v) is 4.55. The zero-order chi connectivity index (χ0) is 27.0. The van der Waals surface area contributed by atoms with Gasteiger partial charge < -0.3 is 14.4 Å². The predicted molar refractivity (Wildman–Crippen MR) is 144 cm³/mol. The first-order valence-corrected chi connectivity index (χ1v) is 13.4. The molecule has 1 heterocycles. The molecule has 3 aromatic carbocycles. The van der Waals surface area contributed by atoms with Gasteiger partial charge in [-0.3, -0.25) is 14.0 Å². The molecule has 0 fully saturated rings. The summed E-state index contributed by atoms with van der Waals surface area (Å²) < 4.78 is 41.9. The highest BCUT2D eigenvalue weighted by Crippen LogP contribution is 2.33. The van der Waals surface area contributed by atoms with E-state index < -0.39 is 10.1 Å². The molecule has 0 N–H and O–H groups in total. The van der Waals surface area contributed by atoms with Crippen molar-refractivity contribution in [3.8, 4) is 17.2 Å². The van der Waals surface area contributed by atoms with E-state index >= 15 is 0 Å². The highest BCUT2D eigenvalue weighted by molar-refractivity contribution is 7.86. The zero-order valence-electron chi connectivity index (χ0n) is 21.1. The van der Waals surface area contributed by atoms with E-state index in [2.05, 4.69) is 4.98 Å². The standard InChI is InChI=1S/C29H28N2O6S/c1-22-12-14-26(15-13-22)38(33,34)36-19-18-35-28-11-7-6-8-24(28)21-31(23(2)32)27-20-30-17-16-29(27)37-25-9-4-3-5-10-25/h3-17,20H,18-19,21H2,1-2H3. The maximum Gasteiger partial charge on any atom is 0.297 e. The molecule has 0 aliphatic rings. The molecule has 0 bridgehead atoms. The highest BCUT2D eigenvalue weighted by atomic mass is 32.2. The van der Waals surface area contributed by atoms with Crippen LogP contribution in [0.2, 0.25) is 0 Å². The van der Waals surface area contributed by atoms with Crippen LogP contribution in [-0.4, -0.2) is 32.5 Å². The summed E-state index contributed by atoms with van der Waals surface area (Å²) in [6.07, 6.45) is 3.18. The number of anilines is 1. The van der Waals surface area contributed by atoms with Crippen molar-refractivity contribution in [2.45, 2.75) is 25.3 Å². The van der Waals surface area contributed by atoms with Gasteiger partial charge in [0.15, 0.2) is 5.75 Å². The van der Waals surface area contributed by atoms with E-state index in [9.17, 15) is 13.2 Å². The minimum Gasteiger partial charge on any atom is -0.491 e. The molecule has 0 radical (unpaired) electrons. The molecule has 8 nitrogen and oxygen atoms in total. The number of hydrogen-bond acceptors (Lipinski definition) is 7. The van der Waals surface area contributed by atoms with Crippen molar-refractivity contribution in [1.82, 2.24) is 4.98 Å². The lowest BCUT2D eigenvalue weighted by molar-refractivity contribution is -0.116. The van der Waals surface area contributed by atoms with Crippen LogP contribution >= 0.6 is 0 Å². The molecule has 9 heteroatoms. The van der Waals surface area contributed by atoms with Crippen LogP contribution in [0.3, 0.4) is 0 Å². The summed E-state index contributed by atoms with van der Waals surface area (Å²) in [6.45, 7) is 3.36. The van der Waals surface area contributed by atoms with Crippen molar-refractivity contribution in [3.63, 3.8) is 0 Å². The molecule has 0 saturated heterocycles. The molecule has 0 saturated carbocycles. The first-order chi connectivity index (χ1) is 18.3. The molecule has 0 aliphatic carbocycles. The quantitative estimate of drug-likeness (QED) is 0.185. The Labute approximate surface area is 222 Å². The maximum atomic E-state index is 12.7. The lowest BCUT2D eigenvalue weighted by Gasteiger charge is -2.24. The molecule has 1 amide bonds. The molecular formula is C29H28N2O6S. The van der Waals surface area contributed by atoms with E-state index in [-0.39, 0.29) is 30.6 Å². The van der Waals surface area contributed by atoms with Gasteiger partial charge in [0.2, 0.25) is 5.91 Å². The SMILES string of the molecule is CC(=O)N(Cc1ccccc1OCCOS(=O)(=O)c1ccc(C)cc1)c1cnccc1Oc1ccccc1. The molecule has 38 heavy (non-hydrogen) atoms. The smallest absolute Gasteiger partial charge is 0.297 e. The largest absolute Gasteiger partial charge is 0.491 e. The second kappa shape index (κ2) is 12.4. The number of carbonyl (C=O) groups excluding carboxylic acids is 1. The summed E-state index contributed by atoms with van der Waals surface area (Å²) in [7, 11) is -3.89. The number of rotatable bonds is 11. The van der Waals surface area contributed by atoms with E-state index in [4.69, 9.17) is 13.7 Å². The fraction of sp³-hybridized carbons (Fsp3) is 0.172. The van der Waals surface area contributed by atoms with Crippen LogP contribution in [0.1, 0.15) is 18.1 Å². The highest BCUT2D eigenvalue weighted by Gasteiger charge is 2.20. The van der Waals surface area contributed by atoms with Crippen molar-refractivity contribution in [1.29, 1.82) is 0 Å². The van der Waals surface area contributed by atoms with Gasteiger partial charge in [0.25, 0.3) is 10.1 Å². The van der Waals surface area contributed by atoms with Crippen LogP contribution in [0.15, 0.2) is 102 Å². The lowest BCUT2D eigenvalue weighted by atomic mass is 10.1. The van der Waals surface area contributed by atoms with Crippen molar-refractivity contribution < 1.29 is 26.9 Å². The minimum atomic E-state index is -3.89. The number of para-hydroxylation sites is 2. The average molecular weight is 533 g/mol. The van der Waals surface area contributed by atoms with Crippen LogP contribution in [-0.2, 0) is 25.6 Å².